The average Bonchev–Trinajstić information content (AvgIpc) is 2.32. The van der Waals surface area contributed by atoms with Crippen LogP contribution in [0.2, 0.25) is 10.0 Å². The lowest BCUT2D eigenvalue weighted by atomic mass is 10.3. The van der Waals surface area contributed by atoms with Crippen LogP contribution in [0.25, 0.3) is 0 Å². The van der Waals surface area contributed by atoms with Crippen LogP contribution < -0.4 is 11.1 Å². The number of benzene rings is 1. The third-order valence-electron chi connectivity index (χ3n) is 2.06. The first-order valence-corrected chi connectivity index (χ1v) is 6.21. The molecular weight excluding hydrogens is 346 g/mol. The van der Waals surface area contributed by atoms with E-state index in [0.29, 0.717) is 16.0 Å². The molecule has 18 heavy (non-hydrogen) atoms. The fraction of sp³-hybridized carbons (Fsp3) is 0. The van der Waals surface area contributed by atoms with Gasteiger partial charge in [0, 0.05) is 5.69 Å². The number of nitrogens with two attached hydrogens (primary N) is 1. The van der Waals surface area contributed by atoms with Crippen molar-refractivity contribution in [1.82, 2.24) is 9.97 Å². The van der Waals surface area contributed by atoms with E-state index in [0.717, 1.165) is 0 Å². The number of hydrogen-bond donors (Lipinski definition) is 2. The number of aromatic nitrogens is 2. The van der Waals surface area contributed by atoms with Gasteiger partial charge in [0.15, 0.2) is 5.82 Å². The highest BCUT2D eigenvalue weighted by molar-refractivity contribution is 9.10. The number of rotatable bonds is 2. The molecule has 0 aliphatic heterocycles. The molecular formula is C10H6BrCl2FN4. The highest BCUT2D eigenvalue weighted by Gasteiger charge is 2.10. The van der Waals surface area contributed by atoms with Crippen LogP contribution in [0.3, 0.4) is 0 Å². The molecule has 0 aliphatic carbocycles. The van der Waals surface area contributed by atoms with E-state index >= 15 is 0 Å². The summed E-state index contributed by atoms with van der Waals surface area (Å²) in [6.45, 7) is 0. The number of halogens is 4. The van der Waals surface area contributed by atoms with Crippen LogP contribution in [-0.2, 0) is 0 Å². The number of nitrogens with one attached hydrogen (secondary N) is 1. The zero-order chi connectivity index (χ0) is 13.3. The molecule has 1 aromatic heterocycles. The van der Waals surface area contributed by atoms with Crippen LogP contribution in [-0.4, -0.2) is 9.97 Å². The lowest BCUT2D eigenvalue weighted by Crippen LogP contribution is -2.00. The molecule has 1 heterocycles. The maximum atomic E-state index is 13.2. The van der Waals surface area contributed by atoms with Gasteiger partial charge in [-0.05, 0) is 28.1 Å². The van der Waals surface area contributed by atoms with E-state index in [1.807, 2.05) is 0 Å². The number of nitrogen functional groups attached to an aromatic ring is 1. The summed E-state index contributed by atoms with van der Waals surface area (Å²) < 4.78 is 13.7. The topological polar surface area (TPSA) is 63.8 Å². The monoisotopic (exact) mass is 350 g/mol. The van der Waals surface area contributed by atoms with E-state index in [-0.39, 0.29) is 15.9 Å². The van der Waals surface area contributed by atoms with Gasteiger partial charge in [-0.25, -0.2) is 14.4 Å². The summed E-state index contributed by atoms with van der Waals surface area (Å²) in [5, 5.41) is 2.75. The van der Waals surface area contributed by atoms with Crippen LogP contribution in [0.5, 0.6) is 0 Å². The molecule has 0 aliphatic rings. The van der Waals surface area contributed by atoms with Gasteiger partial charge in [0.25, 0.3) is 0 Å². The number of anilines is 3. The molecule has 0 saturated carbocycles. The van der Waals surface area contributed by atoms with Gasteiger partial charge in [-0.3, -0.25) is 0 Å². The first-order valence-electron chi connectivity index (χ1n) is 4.66. The van der Waals surface area contributed by atoms with E-state index < -0.39 is 5.82 Å². The van der Waals surface area contributed by atoms with Crippen LogP contribution in [0, 0.1) is 5.82 Å². The number of nitrogens with zero attached hydrogens (tertiary/aromatic N) is 2. The summed E-state index contributed by atoms with van der Waals surface area (Å²) in [4.78, 5) is 7.79. The van der Waals surface area contributed by atoms with Crippen molar-refractivity contribution in [3.05, 3.63) is 38.8 Å². The van der Waals surface area contributed by atoms with E-state index in [9.17, 15) is 4.39 Å². The fourth-order valence-electron chi connectivity index (χ4n) is 1.24. The Balaban J connectivity index is 2.37. The smallest absolute Gasteiger partial charge is 0.160 e. The predicted octanol–water partition coefficient (Wildman–Crippen LogP) is 4.01. The average molecular weight is 352 g/mol. The van der Waals surface area contributed by atoms with E-state index in [2.05, 4.69) is 31.2 Å². The molecule has 0 unspecified atom stereocenters. The summed E-state index contributed by atoms with van der Waals surface area (Å²) in [6.07, 6.45) is 1.30. The van der Waals surface area contributed by atoms with Gasteiger partial charge in [0.05, 0.1) is 10.0 Å². The van der Waals surface area contributed by atoms with Crippen molar-refractivity contribution in [2.24, 2.45) is 0 Å². The molecule has 0 spiro atoms. The summed E-state index contributed by atoms with van der Waals surface area (Å²) in [7, 11) is 0. The summed E-state index contributed by atoms with van der Waals surface area (Å²) in [5.41, 5.74) is 6.10. The third-order valence-corrected chi connectivity index (χ3v) is 3.39. The van der Waals surface area contributed by atoms with Gasteiger partial charge in [-0.15, -0.1) is 0 Å². The molecule has 94 valence electrons. The Bertz CT molecular complexity index is 585. The summed E-state index contributed by atoms with van der Waals surface area (Å²) in [5.74, 6) is 0.0539. The van der Waals surface area contributed by atoms with Crippen molar-refractivity contribution in [3.8, 4) is 0 Å². The predicted molar refractivity (Wildman–Crippen MR) is 73.8 cm³/mol. The Kier molecular flexibility index (Phi) is 3.89. The quantitative estimate of drug-likeness (QED) is 0.802. The normalized spacial score (nSPS) is 10.4. The van der Waals surface area contributed by atoms with Crippen molar-refractivity contribution < 1.29 is 4.39 Å². The molecule has 3 N–H and O–H groups in total. The third kappa shape index (κ3) is 2.66. The van der Waals surface area contributed by atoms with Gasteiger partial charge >= 0.3 is 0 Å². The minimum atomic E-state index is -0.662. The van der Waals surface area contributed by atoms with Gasteiger partial charge < -0.3 is 11.1 Å². The second kappa shape index (κ2) is 5.26. The highest BCUT2D eigenvalue weighted by atomic mass is 79.9. The van der Waals surface area contributed by atoms with E-state index in [1.54, 1.807) is 0 Å². The maximum absolute atomic E-state index is 13.2. The van der Waals surface area contributed by atoms with Crippen LogP contribution in [0.4, 0.5) is 21.7 Å². The zero-order valence-electron chi connectivity index (χ0n) is 8.72. The molecule has 0 amide bonds. The van der Waals surface area contributed by atoms with Crippen LogP contribution in [0.15, 0.2) is 22.9 Å². The Morgan fingerprint density at radius 2 is 1.83 bits per heavy atom. The van der Waals surface area contributed by atoms with Gasteiger partial charge in [0.1, 0.15) is 22.4 Å². The van der Waals surface area contributed by atoms with Crippen molar-refractivity contribution in [2.45, 2.75) is 0 Å². The molecule has 0 radical (unpaired) electrons. The summed E-state index contributed by atoms with van der Waals surface area (Å²) >= 11 is 14.6. The van der Waals surface area contributed by atoms with Crippen molar-refractivity contribution in [1.29, 1.82) is 0 Å². The molecule has 0 atom stereocenters. The highest BCUT2D eigenvalue weighted by Crippen LogP contribution is 2.31. The molecule has 2 rings (SSSR count). The molecule has 4 nitrogen and oxygen atoms in total. The fourth-order valence-corrected chi connectivity index (χ4v) is 2.03. The molecule has 8 heteroatoms. The molecule has 0 saturated heterocycles. The number of hydrogen-bond acceptors (Lipinski definition) is 4. The van der Waals surface area contributed by atoms with Crippen molar-refractivity contribution in [3.63, 3.8) is 0 Å². The van der Waals surface area contributed by atoms with Gasteiger partial charge in [0.2, 0.25) is 0 Å². The second-order valence-electron chi connectivity index (χ2n) is 3.30. The van der Waals surface area contributed by atoms with Crippen molar-refractivity contribution >= 4 is 56.5 Å². The molecule has 0 bridgehead atoms. The van der Waals surface area contributed by atoms with E-state index in [1.165, 1.54) is 18.5 Å². The molecule has 2 aromatic rings. The van der Waals surface area contributed by atoms with Gasteiger partial charge in [-0.2, -0.15) is 0 Å². The molecule has 1 aromatic carbocycles. The first-order chi connectivity index (χ1) is 8.49. The molecule has 0 fully saturated rings. The Labute approximate surface area is 120 Å². The SMILES string of the molecule is Nc1ncnc(Nc2cc(Cl)c(F)c(Cl)c2)c1Br. The standard InChI is InChI=1S/C10H6BrCl2FN4/c11-7-9(15)16-3-17-10(7)18-4-1-5(12)8(14)6(13)2-4/h1-3H,(H3,15,16,17,18). The Hall–Kier alpha value is -1.11. The Morgan fingerprint density at radius 1 is 1.22 bits per heavy atom. The van der Waals surface area contributed by atoms with Crippen molar-refractivity contribution in [2.75, 3.05) is 11.1 Å². The lowest BCUT2D eigenvalue weighted by molar-refractivity contribution is 0.629. The zero-order valence-corrected chi connectivity index (χ0v) is 11.8. The lowest BCUT2D eigenvalue weighted by Gasteiger charge is -2.09. The minimum absolute atomic E-state index is 0.0804. The first kappa shape index (κ1) is 13.3. The van der Waals surface area contributed by atoms with Gasteiger partial charge in [-0.1, -0.05) is 23.2 Å². The van der Waals surface area contributed by atoms with Crippen LogP contribution >= 0.6 is 39.1 Å². The summed E-state index contributed by atoms with van der Waals surface area (Å²) in [6, 6.07) is 2.79. The van der Waals surface area contributed by atoms with E-state index in [4.69, 9.17) is 28.9 Å². The largest absolute Gasteiger partial charge is 0.383 e. The Morgan fingerprint density at radius 3 is 2.44 bits per heavy atom. The second-order valence-corrected chi connectivity index (χ2v) is 4.91. The maximum Gasteiger partial charge on any atom is 0.160 e. The van der Waals surface area contributed by atoms with Crippen LogP contribution in [0.1, 0.15) is 0 Å². The minimum Gasteiger partial charge on any atom is -0.383 e.